The van der Waals surface area contributed by atoms with Crippen LogP contribution in [0.3, 0.4) is 0 Å². The molecule has 4 heteroatoms. The number of nitrogens with zero attached hydrogens (tertiary/aromatic N) is 2. The van der Waals surface area contributed by atoms with Crippen LogP contribution in [0, 0.1) is 5.92 Å². The highest BCUT2D eigenvalue weighted by molar-refractivity contribution is 5.75. The molecule has 1 saturated carbocycles. The third-order valence-corrected chi connectivity index (χ3v) is 7.59. The number of anilines is 1. The summed E-state index contributed by atoms with van der Waals surface area (Å²) >= 11 is 0. The van der Waals surface area contributed by atoms with Crippen LogP contribution >= 0.6 is 0 Å². The van der Waals surface area contributed by atoms with E-state index in [0.717, 1.165) is 44.3 Å². The highest BCUT2D eigenvalue weighted by Gasteiger charge is 2.40. The van der Waals surface area contributed by atoms with Gasteiger partial charge in [-0.1, -0.05) is 66.8 Å². The lowest BCUT2D eigenvalue weighted by atomic mass is 9.90. The largest absolute Gasteiger partial charge is 0.372 e. The van der Waals surface area contributed by atoms with Crippen molar-refractivity contribution in [2.75, 3.05) is 31.1 Å². The number of hydrogen-bond donors (Lipinski definition) is 1. The van der Waals surface area contributed by atoms with Gasteiger partial charge in [-0.25, -0.2) is 4.79 Å². The minimum absolute atomic E-state index is 0.132. The first kappa shape index (κ1) is 26.1. The fourth-order valence-corrected chi connectivity index (χ4v) is 5.49. The van der Waals surface area contributed by atoms with E-state index < -0.39 is 0 Å². The molecule has 36 heavy (non-hydrogen) atoms. The Balaban J connectivity index is 0.000000455. The molecule has 3 fully saturated rings. The predicted molar refractivity (Wildman–Crippen MR) is 152 cm³/mol. The van der Waals surface area contributed by atoms with Crippen molar-refractivity contribution in [3.8, 4) is 0 Å². The average molecular weight is 486 g/mol. The molecule has 0 bridgehead atoms. The molecule has 2 aromatic rings. The molecule has 2 saturated heterocycles. The monoisotopic (exact) mass is 485 g/mol. The van der Waals surface area contributed by atoms with Crippen LogP contribution in [-0.4, -0.2) is 43.2 Å². The van der Waals surface area contributed by atoms with Crippen molar-refractivity contribution < 1.29 is 4.79 Å². The Morgan fingerprint density at radius 3 is 2.39 bits per heavy atom. The standard InChI is InChI=1S/C26H33N3O.C6H10/c30-26(27-25-19-24(25)22-8-2-1-3-9-22)29-15-11-20(12-16-29)17-21-7-6-10-23(18-21)28-13-4-5-14-28;1-4-5-6(2)3/h1-3,6-10,18,20,24-25H,4-5,11-17,19H2,(H,27,30);4-5H,2H2,1,3H3/b;5-4-. The SMILES string of the molecule is C=C(C)/C=C\C.O=C(NC1CC1c1ccccc1)N1CCC(Cc2cccc(N3CCCC3)c2)CC1. The lowest BCUT2D eigenvalue weighted by molar-refractivity contribution is 0.170. The lowest BCUT2D eigenvalue weighted by Crippen LogP contribution is -2.45. The first-order valence-corrected chi connectivity index (χ1v) is 13.8. The van der Waals surface area contributed by atoms with Crippen molar-refractivity contribution in [1.29, 1.82) is 0 Å². The summed E-state index contributed by atoms with van der Waals surface area (Å²) < 4.78 is 0. The highest BCUT2D eigenvalue weighted by Crippen LogP contribution is 2.40. The van der Waals surface area contributed by atoms with Crippen molar-refractivity contribution in [3.05, 3.63) is 90.0 Å². The Labute approximate surface area is 218 Å². The third kappa shape index (κ3) is 7.49. The zero-order valence-corrected chi connectivity index (χ0v) is 22.2. The van der Waals surface area contributed by atoms with Gasteiger partial charge in [-0.2, -0.15) is 0 Å². The van der Waals surface area contributed by atoms with Gasteiger partial charge in [-0.3, -0.25) is 0 Å². The normalized spacial score (nSPS) is 21.7. The van der Waals surface area contributed by atoms with Gasteiger partial charge in [0, 0.05) is 43.8 Å². The first-order chi connectivity index (χ1) is 17.5. The molecule has 2 aromatic carbocycles. The number of urea groups is 1. The molecule has 3 aliphatic rings. The number of carbonyl (C=O) groups excluding carboxylic acids is 1. The minimum atomic E-state index is 0.132. The minimum Gasteiger partial charge on any atom is -0.372 e. The number of benzene rings is 2. The second kappa shape index (κ2) is 12.8. The number of rotatable bonds is 6. The van der Waals surface area contributed by atoms with Crippen LogP contribution in [0.15, 0.2) is 78.9 Å². The van der Waals surface area contributed by atoms with Gasteiger partial charge in [0.15, 0.2) is 0 Å². The van der Waals surface area contributed by atoms with E-state index in [-0.39, 0.29) is 6.03 Å². The van der Waals surface area contributed by atoms with Crippen LogP contribution in [0.5, 0.6) is 0 Å². The van der Waals surface area contributed by atoms with Crippen molar-refractivity contribution >= 4 is 11.7 Å². The summed E-state index contributed by atoms with van der Waals surface area (Å²) in [6, 6.07) is 20.1. The van der Waals surface area contributed by atoms with E-state index >= 15 is 0 Å². The molecule has 0 aromatic heterocycles. The highest BCUT2D eigenvalue weighted by atomic mass is 16.2. The number of nitrogens with one attached hydrogen (secondary N) is 1. The number of piperidine rings is 1. The van der Waals surface area contributed by atoms with E-state index in [4.69, 9.17) is 0 Å². The second-order valence-corrected chi connectivity index (χ2v) is 10.7. The molecule has 2 heterocycles. The summed E-state index contributed by atoms with van der Waals surface area (Å²) in [6.07, 6.45) is 11.0. The molecule has 2 amide bonds. The van der Waals surface area contributed by atoms with E-state index in [2.05, 4.69) is 65.3 Å². The van der Waals surface area contributed by atoms with E-state index in [1.165, 1.54) is 42.7 Å². The Bertz CT molecular complexity index is 1020. The molecule has 2 atom stereocenters. The fraction of sp³-hybridized carbons (Fsp3) is 0.469. The molecule has 192 valence electrons. The molecular formula is C32H43N3O. The Hall–Kier alpha value is -3.01. The predicted octanol–water partition coefficient (Wildman–Crippen LogP) is 6.95. The van der Waals surface area contributed by atoms with E-state index in [9.17, 15) is 4.79 Å². The zero-order chi connectivity index (χ0) is 25.3. The smallest absolute Gasteiger partial charge is 0.317 e. The number of likely N-dealkylation sites (tertiary alicyclic amines) is 1. The second-order valence-electron chi connectivity index (χ2n) is 10.7. The van der Waals surface area contributed by atoms with Crippen LogP contribution < -0.4 is 10.2 Å². The molecule has 1 N–H and O–H groups in total. The molecule has 4 nitrogen and oxygen atoms in total. The Morgan fingerprint density at radius 2 is 1.75 bits per heavy atom. The molecule has 0 radical (unpaired) electrons. The van der Waals surface area contributed by atoms with Crippen molar-refractivity contribution in [2.24, 2.45) is 5.92 Å². The maximum absolute atomic E-state index is 12.7. The quantitative estimate of drug-likeness (QED) is 0.450. The molecule has 2 aliphatic heterocycles. The van der Waals surface area contributed by atoms with Gasteiger partial charge in [0.25, 0.3) is 0 Å². The maximum Gasteiger partial charge on any atom is 0.317 e. The lowest BCUT2D eigenvalue weighted by Gasteiger charge is -2.32. The molecule has 5 rings (SSSR count). The summed E-state index contributed by atoms with van der Waals surface area (Å²) in [4.78, 5) is 17.2. The summed E-state index contributed by atoms with van der Waals surface area (Å²) in [5, 5.41) is 3.26. The van der Waals surface area contributed by atoms with Crippen LogP contribution in [0.4, 0.5) is 10.5 Å². The maximum atomic E-state index is 12.7. The van der Waals surface area contributed by atoms with Crippen LogP contribution in [0.25, 0.3) is 0 Å². The van der Waals surface area contributed by atoms with Gasteiger partial charge in [0.2, 0.25) is 0 Å². The van der Waals surface area contributed by atoms with Gasteiger partial charge >= 0.3 is 6.03 Å². The number of hydrogen-bond acceptors (Lipinski definition) is 2. The summed E-state index contributed by atoms with van der Waals surface area (Å²) in [7, 11) is 0. The van der Waals surface area contributed by atoms with Crippen LogP contribution in [-0.2, 0) is 6.42 Å². The Kier molecular flexibility index (Phi) is 9.27. The van der Waals surface area contributed by atoms with Gasteiger partial charge in [-0.15, -0.1) is 0 Å². The van der Waals surface area contributed by atoms with E-state index in [1.807, 2.05) is 37.0 Å². The number of allylic oxidation sites excluding steroid dienone is 3. The topological polar surface area (TPSA) is 35.6 Å². The average Bonchev–Trinajstić information content (AvgIpc) is 3.43. The van der Waals surface area contributed by atoms with Gasteiger partial charge in [-0.05, 0) is 81.5 Å². The van der Waals surface area contributed by atoms with Crippen LogP contribution in [0.2, 0.25) is 0 Å². The summed E-state index contributed by atoms with van der Waals surface area (Å²) in [6.45, 7) is 11.8. The molecule has 0 spiro atoms. The zero-order valence-electron chi connectivity index (χ0n) is 22.2. The third-order valence-electron chi connectivity index (χ3n) is 7.59. The number of amides is 2. The van der Waals surface area contributed by atoms with Gasteiger partial charge in [0.05, 0.1) is 0 Å². The summed E-state index contributed by atoms with van der Waals surface area (Å²) in [5.74, 6) is 1.18. The van der Waals surface area contributed by atoms with Crippen LogP contribution in [0.1, 0.15) is 63.0 Å². The molecule has 1 aliphatic carbocycles. The summed E-state index contributed by atoms with van der Waals surface area (Å²) in [5.41, 5.74) is 5.29. The first-order valence-electron chi connectivity index (χ1n) is 13.8. The fourth-order valence-electron chi connectivity index (χ4n) is 5.49. The van der Waals surface area contributed by atoms with Gasteiger partial charge in [0.1, 0.15) is 0 Å². The van der Waals surface area contributed by atoms with Gasteiger partial charge < -0.3 is 15.1 Å². The van der Waals surface area contributed by atoms with Crippen molar-refractivity contribution in [3.63, 3.8) is 0 Å². The Morgan fingerprint density at radius 1 is 1.03 bits per heavy atom. The molecular weight excluding hydrogens is 442 g/mol. The van der Waals surface area contributed by atoms with E-state index in [0.29, 0.717) is 17.9 Å². The van der Waals surface area contributed by atoms with Crippen molar-refractivity contribution in [1.82, 2.24) is 10.2 Å². The number of carbonyl (C=O) groups is 1. The van der Waals surface area contributed by atoms with E-state index in [1.54, 1.807) is 0 Å². The molecule has 2 unspecified atom stereocenters. The van der Waals surface area contributed by atoms with Crippen molar-refractivity contribution in [2.45, 2.75) is 64.3 Å².